The molecule has 0 radical (unpaired) electrons. The first-order chi connectivity index (χ1) is 53.0. The Kier molecular flexibility index (Phi) is 17.1. The maximum Gasteiger partial charge on any atom is 0.0462 e. The Morgan fingerprint density at radius 2 is 0.422 bits per heavy atom. The highest BCUT2D eigenvalue weighted by Crippen LogP contribution is 2.49. The number of hydrogen-bond donors (Lipinski definition) is 0. The summed E-state index contributed by atoms with van der Waals surface area (Å²) in [6, 6.07) is 123. The number of rotatable bonds is 12. The molecule has 109 heavy (non-hydrogen) atoms. The Balaban J connectivity index is 0.800. The van der Waals surface area contributed by atoms with Crippen molar-refractivity contribution < 1.29 is 0 Å². The van der Waals surface area contributed by atoms with Crippen LogP contribution >= 0.6 is 0 Å². The Morgan fingerprint density at radius 3 is 0.688 bits per heavy atom. The standard InChI is InChI=1S/C108H87N/c1-106(2,3)79-52-64-97-100(67-79)91(61-49-73-31-22-28-70-25-10-13-34-85(70)73)88-37-16-19-40-94(88)103(97)76-43-55-82(56-44-76)109(83-57-45-77(46-58-83)104-95-41-20-17-38-89(95)92(101-68-80(107(4,5)6)53-65-98(101)104)62-50-74-32-23-29-71-26-11-14-35-86(71)74)84-59-47-78(48-60-84)105-96-42-21-18-39-90(96)93(102-69-81(108(7,8)9)54-66-99(102)105)63-51-75-33-24-30-72-27-12-15-36-87(72)75/h10-69H,1-9H3. The number of nitrogens with zero attached hydrogens (tertiary/aromatic N) is 1. The van der Waals surface area contributed by atoms with E-state index in [1.807, 2.05) is 0 Å². The monoisotopic (exact) mass is 1400 g/mol. The molecule has 0 N–H and O–H groups in total. The van der Waals surface area contributed by atoms with E-state index in [1.165, 1.54) is 164 Å². The molecule has 18 aromatic rings. The predicted octanol–water partition coefficient (Wildman–Crippen LogP) is 30.9. The lowest BCUT2D eigenvalue weighted by Crippen LogP contribution is -2.11. The summed E-state index contributed by atoms with van der Waals surface area (Å²) in [5.74, 6) is 0. The van der Waals surface area contributed by atoms with Gasteiger partial charge in [-0.3, -0.25) is 0 Å². The Labute approximate surface area is 640 Å². The smallest absolute Gasteiger partial charge is 0.0462 e. The van der Waals surface area contributed by atoms with Crippen molar-refractivity contribution in [1.29, 1.82) is 0 Å². The van der Waals surface area contributed by atoms with Gasteiger partial charge in [-0.1, -0.05) is 372 Å². The summed E-state index contributed by atoms with van der Waals surface area (Å²) in [7, 11) is 0. The summed E-state index contributed by atoms with van der Waals surface area (Å²) in [6.07, 6.45) is 14.1. The fourth-order valence-electron chi connectivity index (χ4n) is 17.0. The van der Waals surface area contributed by atoms with Crippen LogP contribution < -0.4 is 4.90 Å². The number of anilines is 3. The van der Waals surface area contributed by atoms with Crippen molar-refractivity contribution in [3.63, 3.8) is 0 Å². The highest BCUT2D eigenvalue weighted by molar-refractivity contribution is 6.22. The number of fused-ring (bicyclic) bond motifs is 9. The van der Waals surface area contributed by atoms with E-state index in [0.29, 0.717) is 0 Å². The summed E-state index contributed by atoms with van der Waals surface area (Å²) in [5.41, 5.74) is 21.4. The minimum absolute atomic E-state index is 0.0595. The van der Waals surface area contributed by atoms with Gasteiger partial charge in [-0.25, -0.2) is 0 Å². The maximum atomic E-state index is 2.46. The number of benzene rings is 18. The molecule has 18 rings (SSSR count). The van der Waals surface area contributed by atoms with Gasteiger partial charge in [0.2, 0.25) is 0 Å². The van der Waals surface area contributed by atoms with E-state index in [-0.39, 0.29) is 16.2 Å². The first-order valence-corrected chi connectivity index (χ1v) is 38.5. The Hall–Kier alpha value is -12.7. The van der Waals surface area contributed by atoms with Crippen LogP contribution in [0.2, 0.25) is 0 Å². The molecule has 0 aromatic heterocycles. The third-order valence-electron chi connectivity index (χ3n) is 22.8. The summed E-state index contributed by atoms with van der Waals surface area (Å²) < 4.78 is 0. The van der Waals surface area contributed by atoms with E-state index >= 15 is 0 Å². The average molecular weight is 1400 g/mol. The zero-order valence-corrected chi connectivity index (χ0v) is 63.6. The third kappa shape index (κ3) is 12.5. The van der Waals surface area contributed by atoms with Gasteiger partial charge in [0.1, 0.15) is 0 Å². The number of hydrogen-bond acceptors (Lipinski definition) is 1. The molecule has 524 valence electrons. The van der Waals surface area contributed by atoms with E-state index in [0.717, 1.165) is 33.8 Å². The van der Waals surface area contributed by atoms with Gasteiger partial charge < -0.3 is 4.90 Å². The molecule has 0 aliphatic carbocycles. The van der Waals surface area contributed by atoms with Crippen molar-refractivity contribution in [2.24, 2.45) is 0 Å². The largest absolute Gasteiger partial charge is 0.311 e. The highest BCUT2D eigenvalue weighted by Gasteiger charge is 2.25. The van der Waals surface area contributed by atoms with Gasteiger partial charge in [-0.05, 0) is 251 Å². The molecule has 0 heterocycles. The third-order valence-corrected chi connectivity index (χ3v) is 22.8. The van der Waals surface area contributed by atoms with Crippen LogP contribution in [0.3, 0.4) is 0 Å². The molecule has 18 aromatic carbocycles. The zero-order chi connectivity index (χ0) is 74.3. The lowest BCUT2D eigenvalue weighted by Gasteiger charge is -2.27. The quantitative estimate of drug-likeness (QED) is 0.0870. The molecule has 0 fully saturated rings. The van der Waals surface area contributed by atoms with Crippen molar-refractivity contribution in [1.82, 2.24) is 0 Å². The van der Waals surface area contributed by atoms with Crippen LogP contribution in [0.5, 0.6) is 0 Å². The molecule has 0 saturated heterocycles. The molecule has 0 aliphatic heterocycles. The van der Waals surface area contributed by atoms with Crippen molar-refractivity contribution >= 4 is 150 Å². The van der Waals surface area contributed by atoms with E-state index in [4.69, 9.17) is 0 Å². The highest BCUT2D eigenvalue weighted by atomic mass is 15.1. The molecule has 1 nitrogen and oxygen atoms in total. The average Bonchev–Trinajstić information content (AvgIpc) is 0.744. The molecule has 0 aliphatic rings. The first-order valence-electron chi connectivity index (χ1n) is 38.5. The van der Waals surface area contributed by atoms with E-state index < -0.39 is 0 Å². The summed E-state index contributed by atoms with van der Waals surface area (Å²) in [6.45, 7) is 20.9. The molecule has 0 saturated carbocycles. The summed E-state index contributed by atoms with van der Waals surface area (Å²) in [5, 5.41) is 22.2. The molecule has 0 bridgehead atoms. The van der Waals surface area contributed by atoms with Gasteiger partial charge in [0.05, 0.1) is 0 Å². The maximum absolute atomic E-state index is 2.46. The Morgan fingerprint density at radius 1 is 0.193 bits per heavy atom. The second-order valence-corrected chi connectivity index (χ2v) is 32.7. The fraction of sp³-hybridized carbons (Fsp3) is 0.111. The van der Waals surface area contributed by atoms with Gasteiger partial charge in [0.15, 0.2) is 0 Å². The summed E-state index contributed by atoms with van der Waals surface area (Å²) >= 11 is 0. The second kappa shape index (κ2) is 27.3. The topological polar surface area (TPSA) is 3.24 Å². The fourth-order valence-corrected chi connectivity index (χ4v) is 17.0. The predicted molar refractivity (Wildman–Crippen MR) is 477 cm³/mol. The van der Waals surface area contributed by atoms with Crippen molar-refractivity contribution in [2.45, 2.75) is 78.6 Å². The van der Waals surface area contributed by atoms with Gasteiger partial charge in [0, 0.05) is 17.1 Å². The Bertz CT molecular complexity index is 6070. The summed E-state index contributed by atoms with van der Waals surface area (Å²) in [4.78, 5) is 2.45. The van der Waals surface area contributed by atoms with Crippen LogP contribution in [0.4, 0.5) is 17.1 Å². The van der Waals surface area contributed by atoms with Crippen molar-refractivity contribution in [2.75, 3.05) is 4.90 Å². The van der Waals surface area contributed by atoms with E-state index in [9.17, 15) is 0 Å². The van der Waals surface area contributed by atoms with E-state index in [2.05, 4.69) is 431 Å². The SMILES string of the molecule is CC(C)(C)c1ccc2c(-c3ccc(N(c4ccc(-c5c6ccccc6c(C=Cc6cccc7ccccc67)c6cc(C(C)(C)C)ccc56)cc4)c4ccc(-c5c6ccccc6c(C=Cc6cccc7ccccc67)c6cc(C(C)(C)C)ccc56)cc4)cc3)c3ccccc3c(C=Cc3cccc4ccccc34)c2c1. The van der Waals surface area contributed by atoms with E-state index in [1.54, 1.807) is 0 Å². The molecule has 0 atom stereocenters. The van der Waals surface area contributed by atoms with Gasteiger partial charge in [-0.15, -0.1) is 0 Å². The minimum atomic E-state index is -0.0595. The molecule has 0 amide bonds. The zero-order valence-electron chi connectivity index (χ0n) is 63.6. The van der Waals surface area contributed by atoms with Crippen LogP contribution in [-0.4, -0.2) is 0 Å². The van der Waals surface area contributed by atoms with Crippen molar-refractivity contribution in [3.8, 4) is 33.4 Å². The van der Waals surface area contributed by atoms with Crippen molar-refractivity contribution in [3.05, 3.63) is 378 Å². The van der Waals surface area contributed by atoms with Crippen LogP contribution in [0.15, 0.2) is 328 Å². The molecular weight excluding hydrogens is 1310 g/mol. The second-order valence-electron chi connectivity index (χ2n) is 32.7. The lowest BCUT2D eigenvalue weighted by atomic mass is 9.82. The van der Waals surface area contributed by atoms with Crippen LogP contribution in [-0.2, 0) is 16.2 Å². The van der Waals surface area contributed by atoms with Crippen LogP contribution in [0.25, 0.3) is 167 Å². The van der Waals surface area contributed by atoms with Gasteiger partial charge in [0.25, 0.3) is 0 Å². The van der Waals surface area contributed by atoms with Crippen LogP contribution in [0.1, 0.15) is 112 Å². The normalized spacial score (nSPS) is 12.5. The minimum Gasteiger partial charge on any atom is -0.311 e. The van der Waals surface area contributed by atoms with Gasteiger partial charge in [-0.2, -0.15) is 0 Å². The first kappa shape index (κ1) is 68.2. The molecule has 0 spiro atoms. The van der Waals surface area contributed by atoms with Gasteiger partial charge >= 0.3 is 0 Å². The molecular formula is C108H87N. The van der Waals surface area contributed by atoms with Crippen LogP contribution in [0, 0.1) is 0 Å². The molecule has 0 unspecified atom stereocenters. The lowest BCUT2D eigenvalue weighted by molar-refractivity contribution is 0.591. The molecule has 1 heteroatoms.